The molecule has 0 spiro atoms. The summed E-state index contributed by atoms with van der Waals surface area (Å²) >= 11 is 0. The van der Waals surface area contributed by atoms with Crippen molar-refractivity contribution in [3.63, 3.8) is 0 Å². The maximum atomic E-state index is 10.7. The molecule has 0 aliphatic rings. The second kappa shape index (κ2) is 3.09. The number of hydrogen-bond acceptors (Lipinski definition) is 2. The maximum Gasteiger partial charge on any atom is 0.338 e. The number of carbonyl (C=O) groups is 1. The molecule has 0 unspecified atom stereocenters. The summed E-state index contributed by atoms with van der Waals surface area (Å²) in [5.74, 6) is -1.02. The van der Waals surface area contributed by atoms with Crippen molar-refractivity contribution in [2.24, 2.45) is 0 Å². The van der Waals surface area contributed by atoms with E-state index >= 15 is 0 Å². The Morgan fingerprint density at radius 3 is 2.67 bits per heavy atom. The van der Waals surface area contributed by atoms with E-state index < -0.39 is 5.97 Å². The zero-order valence-electron chi connectivity index (χ0n) is 6.45. The Morgan fingerprint density at radius 2 is 2.25 bits per heavy atom. The quantitative estimate of drug-likeness (QED) is 0.651. The van der Waals surface area contributed by atoms with Crippen LogP contribution in [-0.4, -0.2) is 11.1 Å². The highest BCUT2D eigenvalue weighted by Crippen LogP contribution is 2.17. The number of hydrogen-bond donors (Lipinski definition) is 2. The van der Waals surface area contributed by atoms with Crippen LogP contribution in [0.4, 0.5) is 5.69 Å². The van der Waals surface area contributed by atoms with Crippen molar-refractivity contribution in [3.8, 4) is 0 Å². The molecule has 0 fully saturated rings. The average molecular weight is 163 g/mol. The van der Waals surface area contributed by atoms with Gasteiger partial charge in [-0.25, -0.2) is 4.79 Å². The van der Waals surface area contributed by atoms with Crippen molar-refractivity contribution in [1.29, 1.82) is 0 Å². The van der Waals surface area contributed by atoms with Crippen molar-refractivity contribution >= 4 is 17.7 Å². The van der Waals surface area contributed by atoms with Crippen LogP contribution in [0.5, 0.6) is 0 Å². The van der Waals surface area contributed by atoms with E-state index in [-0.39, 0.29) is 11.3 Å². The highest BCUT2D eigenvalue weighted by atomic mass is 16.4. The lowest BCUT2D eigenvalue weighted by Gasteiger charge is -2.03. The van der Waals surface area contributed by atoms with Crippen molar-refractivity contribution in [3.05, 3.63) is 35.9 Å². The summed E-state index contributed by atoms with van der Waals surface area (Å²) in [5, 5.41) is 8.75. The van der Waals surface area contributed by atoms with Gasteiger partial charge in [-0.3, -0.25) is 0 Å². The van der Waals surface area contributed by atoms with Gasteiger partial charge in [0, 0.05) is 5.69 Å². The predicted octanol–water partition coefficient (Wildman–Crippen LogP) is 1.61. The van der Waals surface area contributed by atoms with Gasteiger partial charge >= 0.3 is 5.97 Å². The van der Waals surface area contributed by atoms with Gasteiger partial charge in [0.2, 0.25) is 0 Å². The molecule has 0 aliphatic carbocycles. The van der Waals surface area contributed by atoms with Crippen LogP contribution in [0.2, 0.25) is 0 Å². The second-order valence-corrected chi connectivity index (χ2v) is 2.32. The molecular formula is C9H9NO2. The maximum absolute atomic E-state index is 10.7. The molecule has 0 heterocycles. The lowest BCUT2D eigenvalue weighted by molar-refractivity contribution is 0.0698. The summed E-state index contributed by atoms with van der Waals surface area (Å²) < 4.78 is 0. The van der Waals surface area contributed by atoms with Crippen LogP contribution in [0.1, 0.15) is 15.9 Å². The third-order valence-electron chi connectivity index (χ3n) is 1.56. The second-order valence-electron chi connectivity index (χ2n) is 2.32. The fourth-order valence-corrected chi connectivity index (χ4v) is 1.01. The number of aromatic carboxylic acids is 1. The summed E-state index contributed by atoms with van der Waals surface area (Å²) in [4.78, 5) is 10.7. The Morgan fingerprint density at radius 1 is 1.58 bits per heavy atom. The Kier molecular flexibility index (Phi) is 2.14. The lowest BCUT2D eigenvalue weighted by atomic mass is 10.1. The third-order valence-corrected chi connectivity index (χ3v) is 1.56. The topological polar surface area (TPSA) is 63.3 Å². The van der Waals surface area contributed by atoms with Crippen LogP contribution in [0, 0.1) is 0 Å². The van der Waals surface area contributed by atoms with Gasteiger partial charge in [0.15, 0.2) is 0 Å². The van der Waals surface area contributed by atoms with Gasteiger partial charge in [-0.15, -0.1) is 0 Å². The zero-order valence-corrected chi connectivity index (χ0v) is 6.45. The minimum absolute atomic E-state index is 0.118. The first-order chi connectivity index (χ1) is 5.66. The number of anilines is 1. The average Bonchev–Trinajstić information content (AvgIpc) is 2.03. The number of carboxylic acids is 1. The molecule has 1 aromatic carbocycles. The zero-order chi connectivity index (χ0) is 9.14. The largest absolute Gasteiger partial charge is 0.478 e. The van der Waals surface area contributed by atoms with E-state index in [2.05, 4.69) is 6.58 Å². The fraction of sp³-hybridized carbons (Fsp3) is 0. The van der Waals surface area contributed by atoms with Crippen LogP contribution < -0.4 is 5.73 Å². The van der Waals surface area contributed by atoms with Crippen LogP contribution in [0.3, 0.4) is 0 Å². The highest BCUT2D eigenvalue weighted by Gasteiger charge is 2.10. The molecule has 0 saturated heterocycles. The molecule has 62 valence electrons. The molecular weight excluding hydrogens is 154 g/mol. The van der Waals surface area contributed by atoms with Gasteiger partial charge < -0.3 is 10.8 Å². The molecule has 3 N–H and O–H groups in total. The van der Waals surface area contributed by atoms with E-state index in [0.29, 0.717) is 5.56 Å². The van der Waals surface area contributed by atoms with E-state index in [1.54, 1.807) is 18.2 Å². The first kappa shape index (κ1) is 8.33. The molecule has 3 heteroatoms. The number of carboxylic acid groups (broad SMARTS) is 1. The molecule has 1 rings (SSSR count). The van der Waals surface area contributed by atoms with Crippen LogP contribution >= 0.6 is 0 Å². The van der Waals surface area contributed by atoms with E-state index in [1.165, 1.54) is 6.08 Å². The Labute approximate surface area is 70.1 Å². The molecule has 0 saturated carbocycles. The van der Waals surface area contributed by atoms with Gasteiger partial charge in [0.25, 0.3) is 0 Å². The first-order valence-corrected chi connectivity index (χ1v) is 3.41. The smallest absolute Gasteiger partial charge is 0.338 e. The van der Waals surface area contributed by atoms with Gasteiger partial charge in [0.05, 0.1) is 5.56 Å². The predicted molar refractivity (Wildman–Crippen MR) is 47.9 cm³/mol. The van der Waals surface area contributed by atoms with E-state index in [4.69, 9.17) is 10.8 Å². The highest BCUT2D eigenvalue weighted by molar-refractivity contribution is 5.97. The molecule has 0 bridgehead atoms. The van der Waals surface area contributed by atoms with Gasteiger partial charge in [0.1, 0.15) is 0 Å². The summed E-state index contributed by atoms with van der Waals surface area (Å²) in [6.07, 6.45) is 1.47. The molecule has 0 atom stereocenters. The summed E-state index contributed by atoms with van der Waals surface area (Å²) in [5.41, 5.74) is 6.40. The number of rotatable bonds is 2. The molecule has 12 heavy (non-hydrogen) atoms. The van der Waals surface area contributed by atoms with Crippen molar-refractivity contribution in [2.75, 3.05) is 5.73 Å². The fourth-order valence-electron chi connectivity index (χ4n) is 1.01. The lowest BCUT2D eigenvalue weighted by Crippen LogP contribution is -2.04. The van der Waals surface area contributed by atoms with Crippen molar-refractivity contribution in [2.45, 2.75) is 0 Å². The van der Waals surface area contributed by atoms with Crippen LogP contribution in [0.25, 0.3) is 6.08 Å². The molecule has 0 radical (unpaired) electrons. The first-order valence-electron chi connectivity index (χ1n) is 3.41. The van der Waals surface area contributed by atoms with Gasteiger partial charge in [-0.1, -0.05) is 24.8 Å². The van der Waals surface area contributed by atoms with E-state index in [0.717, 1.165) is 0 Å². The number of benzene rings is 1. The van der Waals surface area contributed by atoms with Crippen molar-refractivity contribution < 1.29 is 9.90 Å². The minimum Gasteiger partial charge on any atom is -0.478 e. The van der Waals surface area contributed by atoms with Crippen LogP contribution in [-0.2, 0) is 0 Å². The Hall–Kier alpha value is -1.77. The normalized spacial score (nSPS) is 9.33. The van der Waals surface area contributed by atoms with Gasteiger partial charge in [-0.05, 0) is 11.6 Å². The summed E-state index contributed by atoms with van der Waals surface area (Å²) in [6, 6.07) is 4.90. The standard InChI is InChI=1S/C9H9NO2/c1-2-6-4-3-5-7(10)8(6)9(11)12/h2-5H,1,10H2,(H,11,12). The van der Waals surface area contributed by atoms with E-state index in [9.17, 15) is 4.79 Å². The monoisotopic (exact) mass is 163 g/mol. The third kappa shape index (κ3) is 1.29. The minimum atomic E-state index is -1.02. The summed E-state index contributed by atoms with van der Waals surface area (Å²) in [6.45, 7) is 3.50. The van der Waals surface area contributed by atoms with Gasteiger partial charge in [-0.2, -0.15) is 0 Å². The molecule has 1 aromatic rings. The Balaban J connectivity index is 3.39. The molecule has 0 aliphatic heterocycles. The SMILES string of the molecule is C=Cc1cccc(N)c1C(=O)O. The van der Waals surface area contributed by atoms with Crippen LogP contribution in [0.15, 0.2) is 24.8 Å². The molecule has 0 amide bonds. The molecule has 3 nitrogen and oxygen atoms in total. The van der Waals surface area contributed by atoms with E-state index in [1.807, 2.05) is 0 Å². The summed E-state index contributed by atoms with van der Waals surface area (Å²) in [7, 11) is 0. The van der Waals surface area contributed by atoms with Crippen molar-refractivity contribution in [1.82, 2.24) is 0 Å². The molecule has 0 aromatic heterocycles. The Bertz CT molecular complexity index is 331. The number of nitrogen functional groups attached to an aromatic ring is 1. The number of nitrogens with two attached hydrogens (primary N) is 1.